The first kappa shape index (κ1) is 42.1. The fourth-order valence-electron chi connectivity index (χ4n) is 4.50. The molecule has 5 atom stereocenters. The van der Waals surface area contributed by atoms with Crippen LogP contribution in [-0.4, -0.2) is 74.1 Å². The van der Waals surface area contributed by atoms with Crippen LogP contribution in [-0.2, 0) is 40.4 Å². The van der Waals surface area contributed by atoms with E-state index in [1.54, 1.807) is 19.1 Å². The number of rotatable bonds is 18. The molecule has 5 N–H and O–H groups in total. The molecule has 14 heteroatoms. The van der Waals surface area contributed by atoms with Gasteiger partial charge in [-0.3, -0.25) is 19.2 Å². The lowest BCUT2D eigenvalue weighted by Crippen LogP contribution is -2.58. The van der Waals surface area contributed by atoms with Gasteiger partial charge in [0.05, 0.1) is 0 Å². The summed E-state index contributed by atoms with van der Waals surface area (Å²) in [5.41, 5.74) is 0.247. The molecule has 13 nitrogen and oxygen atoms in total. The van der Waals surface area contributed by atoms with E-state index in [9.17, 15) is 32.4 Å². The van der Waals surface area contributed by atoms with Crippen LogP contribution in [0.25, 0.3) is 0 Å². The van der Waals surface area contributed by atoms with Crippen LogP contribution in [0, 0.1) is 11.8 Å². The highest BCUT2D eigenvalue weighted by Gasteiger charge is 2.32. The van der Waals surface area contributed by atoms with Gasteiger partial charge in [0.1, 0.15) is 24.7 Å². The molecular formula is C34H55N5O8S. The molecule has 0 spiro atoms. The number of nitrogens with one attached hydrogen (secondary N) is 5. The lowest BCUT2D eigenvalue weighted by atomic mass is 9.97. The van der Waals surface area contributed by atoms with Gasteiger partial charge in [-0.05, 0) is 57.9 Å². The van der Waals surface area contributed by atoms with E-state index in [-0.39, 0.29) is 37.2 Å². The first-order valence-electron chi connectivity index (χ1n) is 16.3. The van der Waals surface area contributed by atoms with Crippen molar-refractivity contribution in [3.63, 3.8) is 0 Å². The zero-order valence-corrected chi connectivity index (χ0v) is 30.5. The Bertz CT molecular complexity index is 1360. The Balaban J connectivity index is 3.12. The van der Waals surface area contributed by atoms with Crippen LogP contribution in [0.3, 0.4) is 0 Å². The summed E-state index contributed by atoms with van der Waals surface area (Å²) in [6.45, 7) is 14.4. The molecule has 0 aliphatic heterocycles. The van der Waals surface area contributed by atoms with E-state index in [2.05, 4.69) is 26.6 Å². The highest BCUT2D eigenvalue weighted by Crippen LogP contribution is 2.12. The Hall–Kier alpha value is -3.94. The number of ether oxygens (including phenoxy) is 1. The van der Waals surface area contributed by atoms with E-state index >= 15 is 0 Å². The number of hydrogen-bond donors (Lipinski definition) is 5. The molecule has 1 aromatic carbocycles. The number of amides is 5. The first-order chi connectivity index (χ1) is 22.2. The fraction of sp³-hybridized carbons (Fsp3) is 0.618. The summed E-state index contributed by atoms with van der Waals surface area (Å²) < 4.78 is 28.6. The predicted molar refractivity (Wildman–Crippen MR) is 185 cm³/mol. The highest BCUT2D eigenvalue weighted by molar-refractivity contribution is 7.93. The standard InChI is InChI=1S/C34H55N5O8S/c1-10-23(4)29(38-33(44)47-21-25-14-12-11-13-15-25)32(43)37-27(16-17-28(40)39-34(6,7)8)31(42)35-24(5)30(41)36-26(20-22(2)3)18-19-48(9,45)46/h11-15,18-19,22-24,26-27,29H,10,16-17,20-21H2,1-9H3,(H,35,42)(H,36,41)(H,37,43)(H,38,44)(H,39,40)/b19-18+/t23-,24-,26+,27-,29-/m0/s1. The van der Waals surface area contributed by atoms with Crippen LogP contribution in [0.1, 0.15) is 86.6 Å². The van der Waals surface area contributed by atoms with Gasteiger partial charge in [-0.2, -0.15) is 0 Å². The molecule has 0 saturated carbocycles. The van der Waals surface area contributed by atoms with Crippen molar-refractivity contribution >= 4 is 39.6 Å². The second-order valence-corrected chi connectivity index (χ2v) is 15.5. The Labute approximate surface area is 285 Å². The first-order valence-corrected chi connectivity index (χ1v) is 18.2. The van der Waals surface area contributed by atoms with Crippen molar-refractivity contribution in [2.45, 2.75) is 117 Å². The van der Waals surface area contributed by atoms with Crippen LogP contribution >= 0.6 is 0 Å². The molecule has 0 aromatic heterocycles. The van der Waals surface area contributed by atoms with Crippen molar-refractivity contribution in [3.05, 3.63) is 47.4 Å². The minimum absolute atomic E-state index is 0.00252. The van der Waals surface area contributed by atoms with Crippen LogP contribution in [0.4, 0.5) is 4.79 Å². The van der Waals surface area contributed by atoms with E-state index in [4.69, 9.17) is 4.74 Å². The van der Waals surface area contributed by atoms with Crippen LogP contribution in [0.5, 0.6) is 0 Å². The molecule has 0 radical (unpaired) electrons. The van der Waals surface area contributed by atoms with E-state index in [0.717, 1.165) is 17.2 Å². The maximum absolute atomic E-state index is 13.6. The molecule has 270 valence electrons. The molecular weight excluding hydrogens is 638 g/mol. The maximum atomic E-state index is 13.6. The fourth-order valence-corrected chi connectivity index (χ4v) is 4.97. The second-order valence-electron chi connectivity index (χ2n) is 13.6. The quantitative estimate of drug-likeness (QED) is 0.155. The third-order valence-electron chi connectivity index (χ3n) is 7.15. The molecule has 0 saturated heterocycles. The number of sulfone groups is 1. The number of alkyl carbamates (subject to hydrolysis) is 1. The summed E-state index contributed by atoms with van der Waals surface area (Å²) in [5, 5.41) is 14.5. The molecule has 48 heavy (non-hydrogen) atoms. The largest absolute Gasteiger partial charge is 0.445 e. The minimum Gasteiger partial charge on any atom is -0.445 e. The van der Waals surface area contributed by atoms with Gasteiger partial charge in [0.2, 0.25) is 23.6 Å². The average Bonchev–Trinajstić information content (AvgIpc) is 2.97. The smallest absolute Gasteiger partial charge is 0.408 e. The van der Waals surface area contributed by atoms with Gasteiger partial charge in [-0.1, -0.05) is 70.5 Å². The Kier molecular flexibility index (Phi) is 17.3. The molecule has 1 rings (SSSR count). The van der Waals surface area contributed by atoms with Crippen LogP contribution in [0.2, 0.25) is 0 Å². The van der Waals surface area contributed by atoms with Gasteiger partial charge in [-0.15, -0.1) is 0 Å². The van der Waals surface area contributed by atoms with Crippen molar-refractivity contribution in [3.8, 4) is 0 Å². The molecule has 0 aliphatic carbocycles. The zero-order valence-electron chi connectivity index (χ0n) is 29.7. The monoisotopic (exact) mass is 693 g/mol. The summed E-state index contributed by atoms with van der Waals surface area (Å²) in [4.78, 5) is 65.4. The molecule has 5 amide bonds. The van der Waals surface area contributed by atoms with Crippen LogP contribution in [0.15, 0.2) is 41.8 Å². The van der Waals surface area contributed by atoms with Crippen molar-refractivity contribution in [2.75, 3.05) is 6.26 Å². The number of carbonyl (C=O) groups excluding carboxylic acids is 5. The van der Waals surface area contributed by atoms with Gasteiger partial charge < -0.3 is 31.3 Å². The Morgan fingerprint density at radius 3 is 2.04 bits per heavy atom. The zero-order chi connectivity index (χ0) is 36.7. The maximum Gasteiger partial charge on any atom is 0.408 e. The van der Waals surface area contributed by atoms with Gasteiger partial charge in [-0.25, -0.2) is 13.2 Å². The molecule has 1 aromatic rings. The molecule has 0 aliphatic rings. The van der Waals surface area contributed by atoms with Crippen molar-refractivity contribution < 1.29 is 37.1 Å². The lowest BCUT2D eigenvalue weighted by molar-refractivity contribution is -0.133. The SMILES string of the molecule is CC[C@H](C)[C@H](NC(=O)OCc1ccccc1)C(=O)N[C@@H](CCC(=O)NC(C)(C)C)C(=O)N[C@@H](C)C(=O)N[C@H](/C=C/S(C)(=O)=O)CC(C)C. The molecule has 0 unspecified atom stereocenters. The number of hydrogen-bond acceptors (Lipinski definition) is 8. The van der Waals surface area contributed by atoms with Gasteiger partial charge in [0.25, 0.3) is 0 Å². The topological polar surface area (TPSA) is 189 Å². The summed E-state index contributed by atoms with van der Waals surface area (Å²) in [6.07, 6.45) is 2.41. The van der Waals surface area contributed by atoms with E-state index in [1.807, 2.05) is 59.7 Å². The predicted octanol–water partition coefficient (Wildman–Crippen LogP) is 3.10. The van der Waals surface area contributed by atoms with Gasteiger partial charge in [0, 0.05) is 29.7 Å². The normalized spacial score (nSPS) is 15.0. The van der Waals surface area contributed by atoms with Gasteiger partial charge in [0.15, 0.2) is 9.84 Å². The summed E-state index contributed by atoms with van der Waals surface area (Å²) in [5.74, 6) is -2.48. The Morgan fingerprint density at radius 1 is 0.875 bits per heavy atom. The van der Waals surface area contributed by atoms with Crippen molar-refractivity contribution in [1.29, 1.82) is 0 Å². The second kappa shape index (κ2) is 19.8. The Morgan fingerprint density at radius 2 is 1.50 bits per heavy atom. The summed E-state index contributed by atoms with van der Waals surface area (Å²) in [6, 6.07) is 5.08. The van der Waals surface area contributed by atoms with Crippen molar-refractivity contribution in [2.24, 2.45) is 11.8 Å². The number of carbonyl (C=O) groups is 5. The van der Waals surface area contributed by atoms with E-state index < -0.39 is 63.4 Å². The van der Waals surface area contributed by atoms with Crippen molar-refractivity contribution in [1.82, 2.24) is 26.6 Å². The summed E-state index contributed by atoms with van der Waals surface area (Å²) >= 11 is 0. The van der Waals surface area contributed by atoms with Gasteiger partial charge >= 0.3 is 6.09 Å². The molecule has 0 fully saturated rings. The summed E-state index contributed by atoms with van der Waals surface area (Å²) in [7, 11) is -3.43. The van der Waals surface area contributed by atoms with E-state index in [1.165, 1.54) is 13.0 Å². The average molecular weight is 694 g/mol. The third-order valence-corrected chi connectivity index (χ3v) is 7.80. The lowest BCUT2D eigenvalue weighted by Gasteiger charge is -2.27. The van der Waals surface area contributed by atoms with Crippen LogP contribution < -0.4 is 26.6 Å². The highest BCUT2D eigenvalue weighted by atomic mass is 32.2. The minimum atomic E-state index is -3.43. The van der Waals surface area contributed by atoms with E-state index in [0.29, 0.717) is 12.8 Å². The molecule has 0 heterocycles. The third kappa shape index (κ3) is 17.8. The number of benzene rings is 1. The molecule has 0 bridgehead atoms.